The second-order valence-corrected chi connectivity index (χ2v) is 3.79. The molecule has 0 radical (unpaired) electrons. The first kappa shape index (κ1) is 11.6. The summed E-state index contributed by atoms with van der Waals surface area (Å²) >= 11 is 5.96. The summed E-state index contributed by atoms with van der Waals surface area (Å²) in [4.78, 5) is 14.7. The Balaban J connectivity index is 2.12. The van der Waals surface area contributed by atoms with E-state index in [2.05, 4.69) is 4.98 Å². The van der Waals surface area contributed by atoms with Crippen molar-refractivity contribution in [3.63, 3.8) is 0 Å². The number of carbonyl (C=O) groups is 1. The number of carbonyl (C=O) groups excluding carboxylic acids is 1. The zero-order valence-electron chi connectivity index (χ0n) is 8.97. The molecule has 0 unspecified atom stereocenters. The van der Waals surface area contributed by atoms with Crippen molar-refractivity contribution in [3.8, 4) is 5.88 Å². The van der Waals surface area contributed by atoms with E-state index < -0.39 is 0 Å². The molecule has 0 spiro atoms. The quantitative estimate of drug-likeness (QED) is 0.780. The van der Waals surface area contributed by atoms with Crippen LogP contribution >= 0.6 is 11.6 Å². The summed E-state index contributed by atoms with van der Waals surface area (Å²) < 4.78 is 5.46. The van der Waals surface area contributed by atoms with E-state index >= 15 is 0 Å². The topological polar surface area (TPSA) is 39.2 Å². The van der Waals surface area contributed by atoms with Gasteiger partial charge in [0.1, 0.15) is 11.6 Å². The van der Waals surface area contributed by atoms with Crippen LogP contribution in [0.25, 0.3) is 0 Å². The molecule has 0 saturated carbocycles. The largest absolute Gasteiger partial charge is 0.472 e. The van der Waals surface area contributed by atoms with Gasteiger partial charge in [-0.15, -0.1) is 0 Å². The molecule has 4 heteroatoms. The molecule has 0 fully saturated rings. The number of aldehydes is 1. The standard InChI is InChI=1S/C13H10ClNO2/c14-12-11(8-16)6-7-15-13(12)17-9-10-4-2-1-3-5-10/h1-8H,9H2. The fourth-order valence-corrected chi connectivity index (χ4v) is 1.57. The lowest BCUT2D eigenvalue weighted by Crippen LogP contribution is -1.99. The van der Waals surface area contributed by atoms with E-state index in [9.17, 15) is 4.79 Å². The SMILES string of the molecule is O=Cc1ccnc(OCc2ccccc2)c1Cl. The minimum atomic E-state index is 0.249. The summed E-state index contributed by atoms with van der Waals surface area (Å²) in [5.41, 5.74) is 1.40. The maximum absolute atomic E-state index is 10.7. The predicted octanol–water partition coefficient (Wildman–Crippen LogP) is 3.13. The van der Waals surface area contributed by atoms with Crippen molar-refractivity contribution in [1.82, 2.24) is 4.98 Å². The predicted molar refractivity (Wildman–Crippen MR) is 65.4 cm³/mol. The van der Waals surface area contributed by atoms with Gasteiger partial charge in [-0.05, 0) is 11.6 Å². The molecular weight excluding hydrogens is 238 g/mol. The molecule has 1 aromatic heterocycles. The van der Waals surface area contributed by atoms with Crippen LogP contribution in [0.3, 0.4) is 0 Å². The van der Waals surface area contributed by atoms with Crippen LogP contribution in [0.2, 0.25) is 5.02 Å². The Morgan fingerprint density at radius 1 is 1.24 bits per heavy atom. The number of ether oxygens (including phenoxy) is 1. The van der Waals surface area contributed by atoms with Crippen LogP contribution in [0.1, 0.15) is 15.9 Å². The van der Waals surface area contributed by atoms with Gasteiger partial charge in [-0.3, -0.25) is 4.79 Å². The van der Waals surface area contributed by atoms with Crippen LogP contribution in [-0.4, -0.2) is 11.3 Å². The maximum atomic E-state index is 10.7. The monoisotopic (exact) mass is 247 g/mol. The molecule has 1 heterocycles. The third-order valence-corrected chi connectivity index (χ3v) is 2.61. The van der Waals surface area contributed by atoms with Crippen molar-refractivity contribution in [2.45, 2.75) is 6.61 Å². The molecule has 2 aromatic rings. The molecular formula is C13H10ClNO2. The number of benzene rings is 1. The average molecular weight is 248 g/mol. The number of pyridine rings is 1. The number of hydrogen-bond donors (Lipinski definition) is 0. The second-order valence-electron chi connectivity index (χ2n) is 3.41. The van der Waals surface area contributed by atoms with Gasteiger partial charge in [-0.2, -0.15) is 0 Å². The molecule has 0 N–H and O–H groups in total. The lowest BCUT2D eigenvalue weighted by Gasteiger charge is -2.07. The molecule has 0 aliphatic carbocycles. The van der Waals surface area contributed by atoms with Crippen LogP contribution < -0.4 is 4.74 Å². The van der Waals surface area contributed by atoms with Gasteiger partial charge in [0.15, 0.2) is 6.29 Å². The van der Waals surface area contributed by atoms with Crippen LogP contribution in [-0.2, 0) is 6.61 Å². The van der Waals surface area contributed by atoms with Gasteiger partial charge in [-0.25, -0.2) is 4.98 Å². The number of hydrogen-bond acceptors (Lipinski definition) is 3. The van der Waals surface area contributed by atoms with E-state index in [1.165, 1.54) is 6.20 Å². The van der Waals surface area contributed by atoms with E-state index in [0.29, 0.717) is 18.5 Å². The lowest BCUT2D eigenvalue weighted by atomic mass is 10.2. The third kappa shape index (κ3) is 2.82. The van der Waals surface area contributed by atoms with E-state index in [1.54, 1.807) is 6.07 Å². The van der Waals surface area contributed by atoms with Gasteiger partial charge in [0.25, 0.3) is 0 Å². The molecule has 0 aliphatic rings. The van der Waals surface area contributed by atoms with Gasteiger partial charge in [0.2, 0.25) is 5.88 Å². The van der Waals surface area contributed by atoms with Crippen molar-refractivity contribution >= 4 is 17.9 Å². The van der Waals surface area contributed by atoms with Crippen LogP contribution in [0, 0.1) is 0 Å². The first-order valence-corrected chi connectivity index (χ1v) is 5.45. The summed E-state index contributed by atoms with van der Waals surface area (Å²) in [7, 11) is 0. The zero-order chi connectivity index (χ0) is 12.1. The number of nitrogens with zero attached hydrogens (tertiary/aromatic N) is 1. The third-order valence-electron chi connectivity index (χ3n) is 2.23. The van der Waals surface area contributed by atoms with E-state index in [1.807, 2.05) is 30.3 Å². The zero-order valence-corrected chi connectivity index (χ0v) is 9.72. The molecule has 0 bridgehead atoms. The van der Waals surface area contributed by atoms with Crippen molar-refractivity contribution in [2.75, 3.05) is 0 Å². The Kier molecular flexibility index (Phi) is 3.73. The summed E-state index contributed by atoms with van der Waals surface area (Å²) in [5.74, 6) is 0.278. The molecule has 0 amide bonds. The van der Waals surface area contributed by atoms with E-state index in [4.69, 9.17) is 16.3 Å². The average Bonchev–Trinajstić information content (AvgIpc) is 2.39. The van der Waals surface area contributed by atoms with Gasteiger partial charge in [0, 0.05) is 11.8 Å². The number of rotatable bonds is 4. The number of halogens is 1. The summed E-state index contributed by atoms with van der Waals surface area (Å²) in [6.45, 7) is 0.371. The highest BCUT2D eigenvalue weighted by Crippen LogP contribution is 2.24. The van der Waals surface area contributed by atoms with Gasteiger partial charge < -0.3 is 4.74 Å². The van der Waals surface area contributed by atoms with Crippen molar-refractivity contribution < 1.29 is 9.53 Å². The normalized spacial score (nSPS) is 9.94. The fourth-order valence-electron chi connectivity index (χ4n) is 1.36. The Hall–Kier alpha value is -1.87. The van der Waals surface area contributed by atoms with Crippen LogP contribution in [0.15, 0.2) is 42.6 Å². The Morgan fingerprint density at radius 3 is 2.71 bits per heavy atom. The van der Waals surface area contributed by atoms with Crippen molar-refractivity contribution in [2.24, 2.45) is 0 Å². The molecule has 17 heavy (non-hydrogen) atoms. The second kappa shape index (κ2) is 5.46. The van der Waals surface area contributed by atoms with Gasteiger partial charge >= 0.3 is 0 Å². The van der Waals surface area contributed by atoms with Crippen molar-refractivity contribution in [3.05, 3.63) is 58.7 Å². The highest BCUT2D eigenvalue weighted by atomic mass is 35.5. The first-order chi connectivity index (χ1) is 8.31. The minimum absolute atomic E-state index is 0.249. The Bertz CT molecular complexity index is 514. The van der Waals surface area contributed by atoms with E-state index in [0.717, 1.165) is 5.56 Å². The van der Waals surface area contributed by atoms with E-state index in [-0.39, 0.29) is 10.9 Å². The van der Waals surface area contributed by atoms with Crippen molar-refractivity contribution in [1.29, 1.82) is 0 Å². The molecule has 3 nitrogen and oxygen atoms in total. The molecule has 0 aliphatic heterocycles. The lowest BCUT2D eigenvalue weighted by molar-refractivity contribution is 0.112. The summed E-state index contributed by atoms with van der Waals surface area (Å²) in [5, 5.41) is 0.249. The Morgan fingerprint density at radius 2 is 2.00 bits per heavy atom. The van der Waals surface area contributed by atoms with Crippen LogP contribution in [0.5, 0.6) is 5.88 Å². The highest BCUT2D eigenvalue weighted by molar-refractivity contribution is 6.34. The minimum Gasteiger partial charge on any atom is -0.472 e. The molecule has 1 aromatic carbocycles. The summed E-state index contributed by atoms with van der Waals surface area (Å²) in [6, 6.07) is 11.2. The van der Waals surface area contributed by atoms with Gasteiger partial charge in [0.05, 0.1) is 0 Å². The number of aromatic nitrogens is 1. The molecule has 0 saturated heterocycles. The van der Waals surface area contributed by atoms with Crippen LogP contribution in [0.4, 0.5) is 0 Å². The Labute approximate surface area is 104 Å². The molecule has 0 atom stereocenters. The molecule has 86 valence electrons. The first-order valence-electron chi connectivity index (χ1n) is 5.07. The highest BCUT2D eigenvalue weighted by Gasteiger charge is 2.07. The van der Waals surface area contributed by atoms with Gasteiger partial charge in [-0.1, -0.05) is 41.9 Å². The maximum Gasteiger partial charge on any atom is 0.233 e. The smallest absolute Gasteiger partial charge is 0.233 e. The fraction of sp³-hybridized carbons (Fsp3) is 0.0769. The molecule has 2 rings (SSSR count). The summed E-state index contributed by atoms with van der Waals surface area (Å²) in [6.07, 6.45) is 2.18.